The molecule has 5 heteroatoms. The van der Waals surface area contributed by atoms with Gasteiger partial charge in [-0.2, -0.15) is 0 Å². The Bertz CT molecular complexity index is 499. The third kappa shape index (κ3) is 4.19. The van der Waals surface area contributed by atoms with Crippen LogP contribution in [0.3, 0.4) is 0 Å². The van der Waals surface area contributed by atoms with Gasteiger partial charge in [0, 0.05) is 31.7 Å². The summed E-state index contributed by atoms with van der Waals surface area (Å²) >= 11 is 6.26. The van der Waals surface area contributed by atoms with Crippen LogP contribution in [0.15, 0.2) is 18.2 Å². The number of nitrogens with one attached hydrogen (secondary N) is 1. The van der Waals surface area contributed by atoms with Crippen molar-refractivity contribution in [1.82, 2.24) is 10.2 Å². The van der Waals surface area contributed by atoms with Crippen LogP contribution in [0.2, 0.25) is 5.02 Å². The molecule has 1 aliphatic heterocycles. The van der Waals surface area contributed by atoms with Crippen LogP contribution in [0.25, 0.3) is 0 Å². The number of carbonyl (C=O) groups is 1. The lowest BCUT2D eigenvalue weighted by Crippen LogP contribution is -2.50. The molecule has 2 rings (SSSR count). The second-order valence-electron chi connectivity index (χ2n) is 5.63. The Balaban J connectivity index is 2.11. The number of halogens is 1. The highest BCUT2D eigenvalue weighted by Gasteiger charge is 2.25. The normalized spacial score (nSPS) is 17.8. The van der Waals surface area contributed by atoms with E-state index in [2.05, 4.69) is 10.2 Å². The molecule has 21 heavy (non-hydrogen) atoms. The van der Waals surface area contributed by atoms with Crippen molar-refractivity contribution in [1.29, 1.82) is 0 Å². The standard InChI is InChI=1S/C16H23ClN2O2/c1-11(2)21-13-4-5-14(15(17)10-13)16(20)12(3)19-8-6-18-7-9-19/h4-5,10-12,18H,6-9H2,1-3H3. The predicted octanol–water partition coefficient (Wildman–Crippen LogP) is 2.60. The van der Waals surface area contributed by atoms with Gasteiger partial charge >= 0.3 is 0 Å². The van der Waals surface area contributed by atoms with Gasteiger partial charge in [-0.05, 0) is 39.0 Å². The van der Waals surface area contributed by atoms with Gasteiger partial charge in [-0.15, -0.1) is 0 Å². The molecule has 0 aliphatic carbocycles. The molecule has 1 unspecified atom stereocenters. The van der Waals surface area contributed by atoms with Gasteiger partial charge in [0.1, 0.15) is 5.75 Å². The molecule has 1 saturated heterocycles. The molecule has 0 amide bonds. The van der Waals surface area contributed by atoms with E-state index in [0.717, 1.165) is 26.2 Å². The molecule has 116 valence electrons. The molecule has 0 bridgehead atoms. The highest BCUT2D eigenvalue weighted by atomic mass is 35.5. The van der Waals surface area contributed by atoms with Crippen LogP contribution in [0.4, 0.5) is 0 Å². The SMILES string of the molecule is CC(C)Oc1ccc(C(=O)C(C)N2CCNCC2)c(Cl)c1. The Morgan fingerprint density at radius 1 is 1.29 bits per heavy atom. The zero-order valence-corrected chi connectivity index (χ0v) is 13.6. The highest BCUT2D eigenvalue weighted by Crippen LogP contribution is 2.25. The number of rotatable bonds is 5. The van der Waals surface area contributed by atoms with Crippen LogP contribution in [-0.2, 0) is 0 Å². The number of carbonyl (C=O) groups excluding carboxylic acids is 1. The summed E-state index contributed by atoms with van der Waals surface area (Å²) in [5.41, 5.74) is 0.568. The lowest BCUT2D eigenvalue weighted by molar-refractivity contribution is 0.0820. The first kappa shape index (κ1) is 16.3. The largest absolute Gasteiger partial charge is 0.491 e. The van der Waals surface area contributed by atoms with Gasteiger partial charge in [0.2, 0.25) is 0 Å². The molecule has 0 saturated carbocycles. The van der Waals surface area contributed by atoms with Crippen molar-refractivity contribution in [2.75, 3.05) is 26.2 Å². The fraction of sp³-hybridized carbons (Fsp3) is 0.562. The minimum atomic E-state index is -0.151. The summed E-state index contributed by atoms with van der Waals surface area (Å²) in [4.78, 5) is 14.8. The van der Waals surface area contributed by atoms with Crippen molar-refractivity contribution < 1.29 is 9.53 Å². The summed E-state index contributed by atoms with van der Waals surface area (Å²) in [5.74, 6) is 0.763. The van der Waals surface area contributed by atoms with Crippen LogP contribution in [0.5, 0.6) is 5.75 Å². The van der Waals surface area contributed by atoms with Crippen molar-refractivity contribution in [2.24, 2.45) is 0 Å². The predicted molar refractivity (Wildman–Crippen MR) is 85.5 cm³/mol. The van der Waals surface area contributed by atoms with Gasteiger partial charge in [-0.3, -0.25) is 9.69 Å². The van der Waals surface area contributed by atoms with E-state index in [1.54, 1.807) is 12.1 Å². The van der Waals surface area contributed by atoms with Crippen molar-refractivity contribution in [2.45, 2.75) is 32.9 Å². The molecule has 1 aliphatic rings. The summed E-state index contributed by atoms with van der Waals surface area (Å²) in [5, 5.41) is 3.75. The topological polar surface area (TPSA) is 41.6 Å². The molecule has 1 aromatic rings. The number of nitrogens with zero attached hydrogens (tertiary/aromatic N) is 1. The summed E-state index contributed by atoms with van der Waals surface area (Å²) in [6.07, 6.45) is 0.0855. The molecular formula is C16H23ClN2O2. The summed E-state index contributed by atoms with van der Waals surface area (Å²) in [6, 6.07) is 5.14. The second-order valence-corrected chi connectivity index (χ2v) is 6.04. The maximum atomic E-state index is 12.6. The molecule has 1 aromatic carbocycles. The average molecular weight is 311 g/mol. The van der Waals surface area contributed by atoms with E-state index in [-0.39, 0.29) is 17.9 Å². The Morgan fingerprint density at radius 3 is 2.52 bits per heavy atom. The molecule has 0 radical (unpaired) electrons. The second kappa shape index (κ2) is 7.25. The summed E-state index contributed by atoms with van der Waals surface area (Å²) in [7, 11) is 0. The van der Waals surface area contributed by atoms with E-state index in [1.807, 2.05) is 26.8 Å². The molecule has 0 spiro atoms. The smallest absolute Gasteiger partial charge is 0.181 e. The van der Waals surface area contributed by atoms with Gasteiger partial charge in [0.25, 0.3) is 0 Å². The van der Waals surface area contributed by atoms with Crippen LogP contribution in [0.1, 0.15) is 31.1 Å². The maximum absolute atomic E-state index is 12.6. The van der Waals surface area contributed by atoms with Gasteiger partial charge in [0.15, 0.2) is 5.78 Å². The zero-order chi connectivity index (χ0) is 15.4. The van der Waals surface area contributed by atoms with E-state index < -0.39 is 0 Å². The van der Waals surface area contributed by atoms with Crippen LogP contribution >= 0.6 is 11.6 Å². The molecule has 1 heterocycles. The monoisotopic (exact) mass is 310 g/mol. The fourth-order valence-electron chi connectivity index (χ4n) is 2.50. The number of hydrogen-bond donors (Lipinski definition) is 1. The minimum absolute atomic E-state index is 0.0676. The van der Waals surface area contributed by atoms with Crippen molar-refractivity contribution in [3.8, 4) is 5.75 Å². The summed E-state index contributed by atoms with van der Waals surface area (Å²) < 4.78 is 5.59. The number of ether oxygens (including phenoxy) is 1. The molecule has 1 N–H and O–H groups in total. The Labute approximate surface area is 131 Å². The lowest BCUT2D eigenvalue weighted by atomic mass is 10.0. The molecule has 1 atom stereocenters. The lowest BCUT2D eigenvalue weighted by Gasteiger charge is -2.32. The van der Waals surface area contributed by atoms with E-state index in [9.17, 15) is 4.79 Å². The molecule has 4 nitrogen and oxygen atoms in total. The Kier molecular flexibility index (Phi) is 5.62. The quantitative estimate of drug-likeness (QED) is 0.849. The van der Waals surface area contributed by atoms with Gasteiger partial charge in [-0.1, -0.05) is 11.6 Å². The average Bonchev–Trinajstić information content (AvgIpc) is 2.46. The van der Waals surface area contributed by atoms with E-state index in [0.29, 0.717) is 16.3 Å². The first-order valence-electron chi connectivity index (χ1n) is 7.44. The fourth-order valence-corrected chi connectivity index (χ4v) is 2.77. The van der Waals surface area contributed by atoms with Crippen LogP contribution in [-0.4, -0.2) is 49.0 Å². The van der Waals surface area contributed by atoms with Crippen LogP contribution in [0, 0.1) is 0 Å². The molecular weight excluding hydrogens is 288 g/mol. The third-order valence-corrected chi connectivity index (χ3v) is 3.97. The summed E-state index contributed by atoms with van der Waals surface area (Å²) in [6.45, 7) is 9.48. The van der Waals surface area contributed by atoms with Gasteiger partial charge < -0.3 is 10.1 Å². The zero-order valence-electron chi connectivity index (χ0n) is 12.9. The van der Waals surface area contributed by atoms with E-state index in [1.165, 1.54) is 0 Å². The number of piperazine rings is 1. The number of Topliss-reactive ketones (excluding diaryl/α,β-unsaturated/α-hetero) is 1. The third-order valence-electron chi connectivity index (χ3n) is 3.66. The molecule has 0 aromatic heterocycles. The minimum Gasteiger partial charge on any atom is -0.491 e. The molecule has 1 fully saturated rings. The highest BCUT2D eigenvalue weighted by molar-refractivity contribution is 6.34. The van der Waals surface area contributed by atoms with E-state index in [4.69, 9.17) is 16.3 Å². The van der Waals surface area contributed by atoms with Crippen molar-refractivity contribution in [3.05, 3.63) is 28.8 Å². The Morgan fingerprint density at radius 2 is 1.95 bits per heavy atom. The van der Waals surface area contributed by atoms with E-state index >= 15 is 0 Å². The van der Waals surface area contributed by atoms with Gasteiger partial charge in [-0.25, -0.2) is 0 Å². The van der Waals surface area contributed by atoms with Crippen molar-refractivity contribution >= 4 is 17.4 Å². The number of benzene rings is 1. The first-order valence-corrected chi connectivity index (χ1v) is 7.82. The van der Waals surface area contributed by atoms with Crippen molar-refractivity contribution in [3.63, 3.8) is 0 Å². The number of ketones is 1. The maximum Gasteiger partial charge on any atom is 0.181 e. The number of hydrogen-bond acceptors (Lipinski definition) is 4. The van der Waals surface area contributed by atoms with Gasteiger partial charge in [0.05, 0.1) is 17.2 Å². The van der Waals surface area contributed by atoms with Crippen LogP contribution < -0.4 is 10.1 Å². The first-order chi connectivity index (χ1) is 9.99. The Hall–Kier alpha value is -1.10.